The van der Waals surface area contributed by atoms with Crippen molar-refractivity contribution in [1.82, 2.24) is 10.3 Å². The molecule has 0 saturated carbocycles. The molecule has 3 heterocycles. The minimum atomic E-state index is -0.342. The van der Waals surface area contributed by atoms with Gasteiger partial charge in [0.25, 0.3) is 0 Å². The van der Waals surface area contributed by atoms with Gasteiger partial charge in [-0.25, -0.2) is 4.98 Å². The molecule has 1 aromatic heterocycles. The van der Waals surface area contributed by atoms with Gasteiger partial charge in [-0.2, -0.15) is 0 Å². The lowest BCUT2D eigenvalue weighted by Gasteiger charge is -2.20. The molecule has 2 saturated heterocycles. The number of rotatable bonds is 6. The fraction of sp³-hybridized carbons (Fsp3) is 0.346. The molecule has 1 atom stereocenters. The van der Waals surface area contributed by atoms with E-state index >= 15 is 0 Å². The lowest BCUT2D eigenvalue weighted by molar-refractivity contribution is -0.126. The van der Waals surface area contributed by atoms with Gasteiger partial charge in [0, 0.05) is 48.4 Å². The zero-order chi connectivity index (χ0) is 22.8. The Morgan fingerprint density at radius 1 is 1.09 bits per heavy atom. The van der Waals surface area contributed by atoms with Crippen molar-refractivity contribution in [2.75, 3.05) is 29.4 Å². The number of hydrogen-bond acceptors (Lipinski definition) is 5. The van der Waals surface area contributed by atoms with Crippen LogP contribution in [0.25, 0.3) is 10.6 Å². The van der Waals surface area contributed by atoms with E-state index < -0.39 is 0 Å². The van der Waals surface area contributed by atoms with Gasteiger partial charge >= 0.3 is 0 Å². The summed E-state index contributed by atoms with van der Waals surface area (Å²) in [5.74, 6) is -0.435. The molecule has 170 valence electrons. The first-order valence-corrected chi connectivity index (χ1v) is 12.4. The van der Waals surface area contributed by atoms with Gasteiger partial charge in [0.15, 0.2) is 0 Å². The molecule has 0 spiro atoms. The molecule has 0 bridgehead atoms. The summed E-state index contributed by atoms with van der Waals surface area (Å²) >= 11 is 1.58. The molecular weight excluding hydrogens is 432 g/mol. The molecule has 2 amide bonds. The number of hydrogen-bond donors (Lipinski definition) is 1. The number of nitrogens with one attached hydrogen (secondary N) is 1. The Kier molecular flexibility index (Phi) is 6.13. The molecule has 7 heteroatoms. The van der Waals surface area contributed by atoms with Crippen molar-refractivity contribution in [3.05, 3.63) is 65.2 Å². The lowest BCUT2D eigenvalue weighted by Crippen LogP contribution is -2.32. The molecule has 33 heavy (non-hydrogen) atoms. The minimum Gasteiger partial charge on any atom is -0.372 e. The van der Waals surface area contributed by atoms with E-state index in [-0.39, 0.29) is 24.2 Å². The van der Waals surface area contributed by atoms with Crippen molar-refractivity contribution in [1.29, 1.82) is 0 Å². The maximum atomic E-state index is 12.8. The van der Waals surface area contributed by atoms with Crippen LogP contribution in [0.4, 0.5) is 11.4 Å². The fourth-order valence-electron chi connectivity index (χ4n) is 4.60. The van der Waals surface area contributed by atoms with Gasteiger partial charge in [-0.3, -0.25) is 9.59 Å². The second-order valence-corrected chi connectivity index (χ2v) is 9.65. The van der Waals surface area contributed by atoms with Crippen molar-refractivity contribution >= 4 is 34.5 Å². The first kappa shape index (κ1) is 21.6. The van der Waals surface area contributed by atoms with E-state index in [1.165, 1.54) is 24.1 Å². The van der Waals surface area contributed by atoms with E-state index in [0.29, 0.717) is 13.1 Å². The normalized spacial score (nSPS) is 18.2. The first-order chi connectivity index (χ1) is 16.1. The van der Waals surface area contributed by atoms with E-state index in [9.17, 15) is 9.59 Å². The quantitative estimate of drug-likeness (QED) is 0.593. The van der Waals surface area contributed by atoms with Crippen molar-refractivity contribution in [2.24, 2.45) is 5.92 Å². The molecule has 2 aromatic carbocycles. The molecule has 2 fully saturated rings. The highest BCUT2D eigenvalue weighted by Gasteiger charge is 2.35. The molecular formula is C26H28N4O2S. The van der Waals surface area contributed by atoms with Crippen molar-refractivity contribution in [3.63, 3.8) is 0 Å². The van der Waals surface area contributed by atoms with E-state index in [2.05, 4.69) is 46.4 Å². The van der Waals surface area contributed by atoms with E-state index in [1.807, 2.05) is 29.6 Å². The van der Waals surface area contributed by atoms with Gasteiger partial charge in [0.1, 0.15) is 5.01 Å². The second-order valence-electron chi connectivity index (χ2n) is 8.79. The van der Waals surface area contributed by atoms with Crippen LogP contribution in [0.2, 0.25) is 0 Å². The third-order valence-electron chi connectivity index (χ3n) is 6.50. The van der Waals surface area contributed by atoms with Crippen LogP contribution in [0, 0.1) is 12.8 Å². The summed E-state index contributed by atoms with van der Waals surface area (Å²) in [5.41, 5.74) is 5.20. The van der Waals surface area contributed by atoms with Gasteiger partial charge in [-0.15, -0.1) is 11.3 Å². The number of carbonyl (C=O) groups is 2. The van der Waals surface area contributed by atoms with Crippen LogP contribution in [-0.2, 0) is 16.1 Å². The highest BCUT2D eigenvalue weighted by Crippen LogP contribution is 2.29. The second kappa shape index (κ2) is 9.35. The smallest absolute Gasteiger partial charge is 0.227 e. The molecule has 2 aliphatic heterocycles. The Hall–Kier alpha value is -3.19. The molecule has 0 aliphatic carbocycles. The number of carbonyl (C=O) groups excluding carboxylic acids is 2. The van der Waals surface area contributed by atoms with Crippen LogP contribution in [0.1, 0.15) is 30.5 Å². The van der Waals surface area contributed by atoms with Crippen LogP contribution in [-0.4, -0.2) is 36.4 Å². The summed E-state index contributed by atoms with van der Waals surface area (Å²) in [4.78, 5) is 34.2. The number of aryl methyl sites for hydroxylation is 1. The zero-order valence-corrected chi connectivity index (χ0v) is 19.6. The topological polar surface area (TPSA) is 65.5 Å². The molecule has 1 N–H and O–H groups in total. The average Bonchev–Trinajstić information content (AvgIpc) is 3.59. The van der Waals surface area contributed by atoms with Crippen LogP contribution < -0.4 is 15.1 Å². The number of amides is 2. The highest BCUT2D eigenvalue weighted by atomic mass is 32.1. The zero-order valence-electron chi connectivity index (χ0n) is 18.8. The Bertz CT molecular complexity index is 1150. The van der Waals surface area contributed by atoms with Gasteiger partial charge in [-0.05, 0) is 49.6 Å². The maximum Gasteiger partial charge on any atom is 0.227 e. The lowest BCUT2D eigenvalue weighted by atomic mass is 10.1. The minimum absolute atomic E-state index is 0.000398. The van der Waals surface area contributed by atoms with Gasteiger partial charge in [-0.1, -0.05) is 24.3 Å². The van der Waals surface area contributed by atoms with E-state index in [4.69, 9.17) is 0 Å². The molecule has 2 aliphatic rings. The maximum absolute atomic E-state index is 12.8. The van der Waals surface area contributed by atoms with Crippen LogP contribution in [0.15, 0.2) is 53.9 Å². The molecule has 5 rings (SSSR count). The monoisotopic (exact) mass is 460 g/mol. The van der Waals surface area contributed by atoms with Crippen LogP contribution >= 0.6 is 11.3 Å². The van der Waals surface area contributed by atoms with E-state index in [0.717, 1.165) is 35.0 Å². The van der Waals surface area contributed by atoms with Crippen LogP contribution in [0.3, 0.4) is 0 Å². The van der Waals surface area contributed by atoms with Crippen molar-refractivity contribution < 1.29 is 9.59 Å². The van der Waals surface area contributed by atoms with Gasteiger partial charge in [0.05, 0.1) is 18.2 Å². The van der Waals surface area contributed by atoms with E-state index in [1.54, 1.807) is 16.2 Å². The molecule has 0 radical (unpaired) electrons. The summed E-state index contributed by atoms with van der Waals surface area (Å²) in [6.45, 7) is 5.04. The Morgan fingerprint density at radius 3 is 2.58 bits per heavy atom. The number of thiazole rings is 1. The third kappa shape index (κ3) is 4.64. The number of anilines is 2. The number of nitrogens with zero attached hydrogens (tertiary/aromatic N) is 3. The average molecular weight is 461 g/mol. The molecule has 1 unspecified atom stereocenters. The number of benzene rings is 2. The van der Waals surface area contributed by atoms with Crippen molar-refractivity contribution in [3.8, 4) is 10.6 Å². The Labute approximate surface area is 198 Å². The summed E-state index contributed by atoms with van der Waals surface area (Å²) in [6.07, 6.45) is 2.71. The summed E-state index contributed by atoms with van der Waals surface area (Å²) in [6, 6.07) is 16.3. The van der Waals surface area contributed by atoms with Crippen LogP contribution in [0.5, 0.6) is 0 Å². The third-order valence-corrected chi connectivity index (χ3v) is 7.42. The predicted molar refractivity (Wildman–Crippen MR) is 132 cm³/mol. The Balaban J connectivity index is 1.18. The summed E-state index contributed by atoms with van der Waals surface area (Å²) < 4.78 is 0. The van der Waals surface area contributed by atoms with Crippen molar-refractivity contribution in [2.45, 2.75) is 32.7 Å². The SMILES string of the molecule is Cc1ccccc1-c1nc(CNC(=O)C2CC(=O)N(c3ccc(N4CCCC4)cc3)C2)cs1. The standard InChI is InChI=1S/C26H28N4O2S/c1-18-6-2-3-7-23(18)26-28-20(17-33-26)15-27-25(32)19-14-24(31)30(16-19)22-10-8-21(9-11-22)29-12-4-5-13-29/h2-3,6-11,17,19H,4-5,12-16H2,1H3,(H,27,32). The highest BCUT2D eigenvalue weighted by molar-refractivity contribution is 7.13. The fourth-order valence-corrected chi connectivity index (χ4v) is 5.51. The molecule has 6 nitrogen and oxygen atoms in total. The number of aromatic nitrogens is 1. The predicted octanol–water partition coefficient (Wildman–Crippen LogP) is 4.39. The van der Waals surface area contributed by atoms with Gasteiger partial charge < -0.3 is 15.1 Å². The Morgan fingerprint density at radius 2 is 1.82 bits per heavy atom. The first-order valence-electron chi connectivity index (χ1n) is 11.5. The molecule has 3 aromatic rings. The summed E-state index contributed by atoms with van der Waals surface area (Å²) in [7, 11) is 0. The largest absolute Gasteiger partial charge is 0.372 e. The van der Waals surface area contributed by atoms with Gasteiger partial charge in [0.2, 0.25) is 11.8 Å². The summed E-state index contributed by atoms with van der Waals surface area (Å²) in [5, 5.41) is 5.92.